The van der Waals surface area contributed by atoms with Crippen molar-refractivity contribution in [2.45, 2.75) is 367 Å². The third-order valence-electron chi connectivity index (χ3n) is 15.4. The maximum Gasteiger partial charge on any atom is 0.306 e. The Bertz CT molecular complexity index is 1470. The molecular formula is C74H132O6. The van der Waals surface area contributed by atoms with Crippen molar-refractivity contribution in [2.75, 3.05) is 13.2 Å². The van der Waals surface area contributed by atoms with E-state index < -0.39 is 6.10 Å². The van der Waals surface area contributed by atoms with Crippen LogP contribution in [-0.2, 0) is 28.6 Å². The van der Waals surface area contributed by atoms with E-state index >= 15 is 0 Å². The number of hydrogen-bond acceptors (Lipinski definition) is 6. The zero-order valence-electron chi connectivity index (χ0n) is 53.3. The Morgan fingerprint density at radius 3 is 0.762 bits per heavy atom. The van der Waals surface area contributed by atoms with Crippen LogP contribution >= 0.6 is 0 Å². The summed E-state index contributed by atoms with van der Waals surface area (Å²) < 4.78 is 16.9. The molecular weight excluding hydrogens is 985 g/mol. The molecule has 0 aromatic rings. The summed E-state index contributed by atoms with van der Waals surface area (Å²) in [4.78, 5) is 38.1. The molecule has 0 saturated heterocycles. The van der Waals surface area contributed by atoms with E-state index in [1.165, 1.54) is 231 Å². The van der Waals surface area contributed by atoms with Gasteiger partial charge < -0.3 is 14.2 Å². The van der Waals surface area contributed by atoms with E-state index in [1.54, 1.807) is 0 Å². The van der Waals surface area contributed by atoms with Gasteiger partial charge in [-0.05, 0) is 89.9 Å². The summed E-state index contributed by atoms with van der Waals surface area (Å²) in [7, 11) is 0. The van der Waals surface area contributed by atoms with Gasteiger partial charge in [0.05, 0.1) is 0 Å². The third-order valence-corrected chi connectivity index (χ3v) is 15.4. The zero-order valence-corrected chi connectivity index (χ0v) is 53.3. The van der Waals surface area contributed by atoms with Crippen LogP contribution in [0.3, 0.4) is 0 Å². The van der Waals surface area contributed by atoms with Crippen molar-refractivity contribution in [1.82, 2.24) is 0 Å². The molecule has 0 aliphatic heterocycles. The average Bonchev–Trinajstić information content (AvgIpc) is 3.46. The number of hydrogen-bond donors (Lipinski definition) is 0. The Hall–Kier alpha value is -3.15. The van der Waals surface area contributed by atoms with E-state index in [-0.39, 0.29) is 31.1 Å². The molecule has 0 spiro atoms. The molecule has 0 aliphatic rings. The molecule has 6 heteroatoms. The van der Waals surface area contributed by atoms with E-state index in [4.69, 9.17) is 14.2 Å². The molecule has 0 amide bonds. The van der Waals surface area contributed by atoms with Crippen molar-refractivity contribution in [1.29, 1.82) is 0 Å². The summed E-state index contributed by atoms with van der Waals surface area (Å²) in [6.45, 7) is 6.51. The van der Waals surface area contributed by atoms with E-state index in [1.807, 2.05) is 0 Å². The van der Waals surface area contributed by atoms with Crippen LogP contribution in [0.15, 0.2) is 72.9 Å². The van der Waals surface area contributed by atoms with Gasteiger partial charge in [-0.15, -0.1) is 0 Å². The van der Waals surface area contributed by atoms with Gasteiger partial charge in [0.2, 0.25) is 0 Å². The highest BCUT2D eigenvalue weighted by Gasteiger charge is 2.19. The molecule has 80 heavy (non-hydrogen) atoms. The number of allylic oxidation sites excluding steroid dienone is 12. The van der Waals surface area contributed by atoms with Gasteiger partial charge in [0.1, 0.15) is 13.2 Å². The lowest BCUT2D eigenvalue weighted by molar-refractivity contribution is -0.167. The van der Waals surface area contributed by atoms with Crippen molar-refractivity contribution in [3.05, 3.63) is 72.9 Å². The normalized spacial score (nSPS) is 12.5. The molecule has 0 aromatic heterocycles. The Kier molecular flexibility index (Phi) is 65.7. The Morgan fingerprint density at radius 1 is 0.263 bits per heavy atom. The predicted octanol–water partition coefficient (Wildman–Crippen LogP) is 24.1. The van der Waals surface area contributed by atoms with E-state index in [9.17, 15) is 14.4 Å². The third kappa shape index (κ3) is 65.7. The van der Waals surface area contributed by atoms with Gasteiger partial charge in [-0.2, -0.15) is 0 Å². The maximum absolute atomic E-state index is 12.9. The van der Waals surface area contributed by atoms with Crippen LogP contribution in [0.5, 0.6) is 0 Å². The first-order valence-electron chi connectivity index (χ1n) is 34.9. The SMILES string of the molecule is CC/C=C\C/C=C\C/C=C\C/C=C\CCCCCCCCCCCCCCCCCCCCC(=O)OCC(COC(=O)CCCCCCCC)OC(=O)CCCCCCCCCCCCCCC/C=C\C/C=C\CCCCCCC. The zero-order chi connectivity index (χ0) is 57.8. The van der Waals surface area contributed by atoms with Gasteiger partial charge in [0.25, 0.3) is 0 Å². The molecule has 0 fully saturated rings. The van der Waals surface area contributed by atoms with Crippen LogP contribution in [0, 0.1) is 0 Å². The lowest BCUT2D eigenvalue weighted by Crippen LogP contribution is -2.30. The lowest BCUT2D eigenvalue weighted by Gasteiger charge is -2.18. The van der Waals surface area contributed by atoms with Gasteiger partial charge in [-0.3, -0.25) is 14.4 Å². The number of unbranched alkanes of at least 4 members (excludes halogenated alkanes) is 41. The Morgan fingerprint density at radius 2 is 0.487 bits per heavy atom. The summed E-state index contributed by atoms with van der Waals surface area (Å²) in [6.07, 6.45) is 89.7. The van der Waals surface area contributed by atoms with Crippen LogP contribution in [-0.4, -0.2) is 37.2 Å². The molecule has 464 valence electrons. The number of rotatable bonds is 64. The molecule has 1 unspecified atom stereocenters. The standard InChI is InChI=1S/C74H132O6/c1-4-7-10-13-16-18-20-22-24-26-28-30-32-34-35-36-37-38-39-41-42-44-46-48-50-52-54-56-58-61-64-67-73(76)79-70-71(69-78-72(75)66-63-60-15-12-9-6-3)80-74(77)68-65-62-59-57-55-53-51-49-47-45-43-40-33-31-29-27-25-23-21-19-17-14-11-8-5-2/h7,10,16,18,21-24,27-30,71H,4-6,8-9,11-15,17,19-20,25-26,31-70H2,1-3H3/b10-7-,18-16-,23-21-,24-22-,29-27-,30-28-. The van der Waals surface area contributed by atoms with Gasteiger partial charge in [0, 0.05) is 19.3 Å². The minimum atomic E-state index is -0.771. The average molecular weight is 1120 g/mol. The van der Waals surface area contributed by atoms with Crippen LogP contribution < -0.4 is 0 Å². The molecule has 0 N–H and O–H groups in total. The second-order valence-corrected chi connectivity index (χ2v) is 23.4. The summed E-state index contributed by atoms with van der Waals surface area (Å²) in [5.74, 6) is -0.862. The topological polar surface area (TPSA) is 78.9 Å². The molecule has 0 aliphatic carbocycles. The number of carbonyl (C=O) groups is 3. The van der Waals surface area contributed by atoms with Gasteiger partial charge >= 0.3 is 17.9 Å². The van der Waals surface area contributed by atoms with Gasteiger partial charge in [-0.25, -0.2) is 0 Å². The minimum Gasteiger partial charge on any atom is -0.462 e. The fourth-order valence-electron chi connectivity index (χ4n) is 10.2. The highest BCUT2D eigenvalue weighted by Crippen LogP contribution is 2.18. The molecule has 0 saturated carbocycles. The highest BCUT2D eigenvalue weighted by atomic mass is 16.6. The Labute approximate surface area is 497 Å². The monoisotopic (exact) mass is 1120 g/mol. The quantitative estimate of drug-likeness (QED) is 0.0261. The molecule has 0 rings (SSSR count). The summed E-state index contributed by atoms with van der Waals surface area (Å²) in [6, 6.07) is 0. The highest BCUT2D eigenvalue weighted by molar-refractivity contribution is 5.71. The van der Waals surface area contributed by atoms with Gasteiger partial charge in [0.15, 0.2) is 6.10 Å². The molecule has 0 aromatic carbocycles. The molecule has 0 bridgehead atoms. The van der Waals surface area contributed by atoms with Crippen LogP contribution in [0.2, 0.25) is 0 Å². The van der Waals surface area contributed by atoms with Crippen molar-refractivity contribution in [2.24, 2.45) is 0 Å². The van der Waals surface area contributed by atoms with Crippen molar-refractivity contribution < 1.29 is 28.6 Å². The largest absolute Gasteiger partial charge is 0.462 e. The summed E-state index contributed by atoms with van der Waals surface area (Å²) in [5.41, 5.74) is 0. The fraction of sp³-hybridized carbons (Fsp3) is 0.797. The van der Waals surface area contributed by atoms with Crippen LogP contribution in [0.25, 0.3) is 0 Å². The second-order valence-electron chi connectivity index (χ2n) is 23.4. The van der Waals surface area contributed by atoms with Crippen molar-refractivity contribution in [3.63, 3.8) is 0 Å². The minimum absolute atomic E-state index is 0.0707. The summed E-state index contributed by atoms with van der Waals surface area (Å²) >= 11 is 0. The number of carbonyl (C=O) groups excluding carboxylic acids is 3. The molecule has 0 radical (unpaired) electrons. The van der Waals surface area contributed by atoms with Gasteiger partial charge in [-0.1, -0.05) is 325 Å². The smallest absolute Gasteiger partial charge is 0.306 e. The van der Waals surface area contributed by atoms with E-state index in [0.29, 0.717) is 19.3 Å². The second kappa shape index (κ2) is 68.3. The lowest BCUT2D eigenvalue weighted by atomic mass is 10.0. The number of esters is 3. The van der Waals surface area contributed by atoms with Crippen LogP contribution in [0.1, 0.15) is 361 Å². The first-order chi connectivity index (χ1) is 39.5. The predicted molar refractivity (Wildman–Crippen MR) is 348 cm³/mol. The van der Waals surface area contributed by atoms with E-state index in [2.05, 4.69) is 93.7 Å². The molecule has 6 nitrogen and oxygen atoms in total. The van der Waals surface area contributed by atoms with E-state index in [0.717, 1.165) is 89.9 Å². The first-order valence-corrected chi connectivity index (χ1v) is 34.9. The van der Waals surface area contributed by atoms with Crippen molar-refractivity contribution in [3.8, 4) is 0 Å². The van der Waals surface area contributed by atoms with Crippen molar-refractivity contribution >= 4 is 17.9 Å². The molecule has 0 heterocycles. The fourth-order valence-corrected chi connectivity index (χ4v) is 10.2. The maximum atomic E-state index is 12.9. The Balaban J connectivity index is 3.99. The number of ether oxygens (including phenoxy) is 3. The summed E-state index contributed by atoms with van der Waals surface area (Å²) in [5, 5.41) is 0. The van der Waals surface area contributed by atoms with Crippen LogP contribution in [0.4, 0.5) is 0 Å². The first kappa shape index (κ1) is 76.9. The molecule has 1 atom stereocenters.